The van der Waals surface area contributed by atoms with Crippen LogP contribution in [0.3, 0.4) is 0 Å². The summed E-state index contributed by atoms with van der Waals surface area (Å²) in [5.41, 5.74) is 0. The SMILES string of the molecule is CCN1CCC(CN2CCCNC(C)C2=O)C1. The summed E-state index contributed by atoms with van der Waals surface area (Å²) in [5, 5.41) is 3.27. The van der Waals surface area contributed by atoms with Crippen LogP contribution < -0.4 is 5.32 Å². The van der Waals surface area contributed by atoms with Gasteiger partial charge in [0.25, 0.3) is 0 Å². The molecule has 98 valence electrons. The van der Waals surface area contributed by atoms with Crippen molar-refractivity contribution in [2.45, 2.75) is 32.7 Å². The summed E-state index contributed by atoms with van der Waals surface area (Å²) in [6.45, 7) is 10.6. The number of nitrogens with one attached hydrogen (secondary N) is 1. The molecule has 1 N–H and O–H groups in total. The molecule has 0 bridgehead atoms. The molecule has 2 rings (SSSR count). The van der Waals surface area contributed by atoms with Gasteiger partial charge in [-0.1, -0.05) is 6.92 Å². The van der Waals surface area contributed by atoms with Gasteiger partial charge < -0.3 is 15.1 Å². The molecule has 2 aliphatic heterocycles. The highest BCUT2D eigenvalue weighted by atomic mass is 16.2. The molecule has 0 radical (unpaired) electrons. The zero-order valence-corrected chi connectivity index (χ0v) is 11.1. The number of nitrogens with zero attached hydrogens (tertiary/aromatic N) is 2. The van der Waals surface area contributed by atoms with Gasteiger partial charge >= 0.3 is 0 Å². The Bertz CT molecular complexity index is 269. The summed E-state index contributed by atoms with van der Waals surface area (Å²) >= 11 is 0. The Morgan fingerprint density at radius 2 is 2.24 bits per heavy atom. The molecule has 0 spiro atoms. The lowest BCUT2D eigenvalue weighted by Gasteiger charge is -2.25. The lowest BCUT2D eigenvalue weighted by molar-refractivity contribution is -0.132. The van der Waals surface area contributed by atoms with Crippen LogP contribution in [0, 0.1) is 5.92 Å². The number of hydrogen-bond donors (Lipinski definition) is 1. The Hall–Kier alpha value is -0.610. The fourth-order valence-electron chi connectivity index (χ4n) is 2.90. The molecule has 2 aliphatic rings. The predicted octanol–water partition coefficient (Wildman–Crippen LogP) is 0.539. The number of rotatable bonds is 3. The Morgan fingerprint density at radius 1 is 1.41 bits per heavy atom. The third-order valence-electron chi connectivity index (χ3n) is 4.03. The summed E-state index contributed by atoms with van der Waals surface area (Å²) in [7, 11) is 0. The van der Waals surface area contributed by atoms with E-state index in [0.29, 0.717) is 5.92 Å². The molecule has 2 atom stereocenters. The average Bonchev–Trinajstić information content (AvgIpc) is 2.73. The van der Waals surface area contributed by atoms with Gasteiger partial charge in [-0.3, -0.25) is 4.79 Å². The van der Waals surface area contributed by atoms with E-state index in [0.717, 1.165) is 32.6 Å². The maximum atomic E-state index is 12.1. The molecule has 0 aromatic heterocycles. The first-order chi connectivity index (χ1) is 8.20. The van der Waals surface area contributed by atoms with E-state index in [1.54, 1.807) is 0 Å². The van der Waals surface area contributed by atoms with Crippen molar-refractivity contribution in [3.05, 3.63) is 0 Å². The second-order valence-corrected chi connectivity index (χ2v) is 5.36. The van der Waals surface area contributed by atoms with Crippen molar-refractivity contribution in [3.8, 4) is 0 Å². The van der Waals surface area contributed by atoms with E-state index in [1.165, 1.54) is 19.5 Å². The van der Waals surface area contributed by atoms with Gasteiger partial charge in [0.05, 0.1) is 6.04 Å². The molecular weight excluding hydrogens is 214 g/mol. The highest BCUT2D eigenvalue weighted by Gasteiger charge is 2.28. The van der Waals surface area contributed by atoms with E-state index in [1.807, 2.05) is 6.92 Å². The van der Waals surface area contributed by atoms with Gasteiger partial charge in [-0.05, 0) is 45.3 Å². The largest absolute Gasteiger partial charge is 0.341 e. The molecule has 4 heteroatoms. The summed E-state index contributed by atoms with van der Waals surface area (Å²) in [5.74, 6) is 0.974. The quantitative estimate of drug-likeness (QED) is 0.781. The Balaban J connectivity index is 1.87. The van der Waals surface area contributed by atoms with Crippen molar-refractivity contribution in [1.82, 2.24) is 15.1 Å². The van der Waals surface area contributed by atoms with Gasteiger partial charge in [-0.2, -0.15) is 0 Å². The van der Waals surface area contributed by atoms with Gasteiger partial charge in [-0.15, -0.1) is 0 Å². The Kier molecular flexibility index (Phi) is 4.40. The minimum atomic E-state index is 0.00109. The number of carbonyl (C=O) groups excluding carboxylic acids is 1. The lowest BCUT2D eigenvalue weighted by Crippen LogP contribution is -2.43. The fourth-order valence-corrected chi connectivity index (χ4v) is 2.90. The van der Waals surface area contributed by atoms with Gasteiger partial charge in [0.2, 0.25) is 5.91 Å². The number of likely N-dealkylation sites (tertiary alicyclic amines) is 1. The van der Waals surface area contributed by atoms with Crippen LogP contribution in [0.5, 0.6) is 0 Å². The maximum absolute atomic E-state index is 12.1. The van der Waals surface area contributed by atoms with Gasteiger partial charge in [0, 0.05) is 19.6 Å². The molecule has 2 unspecified atom stereocenters. The van der Waals surface area contributed by atoms with Crippen molar-refractivity contribution in [1.29, 1.82) is 0 Å². The molecule has 2 fully saturated rings. The molecule has 0 aromatic carbocycles. The molecule has 0 aromatic rings. The monoisotopic (exact) mass is 239 g/mol. The minimum absolute atomic E-state index is 0.00109. The van der Waals surface area contributed by atoms with Crippen LogP contribution >= 0.6 is 0 Å². The van der Waals surface area contributed by atoms with E-state index < -0.39 is 0 Å². The normalized spacial score (nSPS) is 31.9. The summed E-state index contributed by atoms with van der Waals surface area (Å²) < 4.78 is 0. The molecule has 0 aliphatic carbocycles. The van der Waals surface area contributed by atoms with Crippen molar-refractivity contribution >= 4 is 5.91 Å². The van der Waals surface area contributed by atoms with Crippen LogP contribution in [0.25, 0.3) is 0 Å². The zero-order chi connectivity index (χ0) is 12.3. The van der Waals surface area contributed by atoms with E-state index in [9.17, 15) is 4.79 Å². The standard InChI is InChI=1S/C13H25N3O/c1-3-15-8-5-12(9-15)10-16-7-4-6-14-11(2)13(16)17/h11-12,14H,3-10H2,1-2H3. The fraction of sp³-hybridized carbons (Fsp3) is 0.923. The van der Waals surface area contributed by atoms with Crippen LogP contribution in [-0.2, 0) is 4.79 Å². The third-order valence-corrected chi connectivity index (χ3v) is 4.03. The summed E-state index contributed by atoms with van der Waals surface area (Å²) in [4.78, 5) is 16.7. The first kappa shape index (κ1) is 12.8. The molecule has 17 heavy (non-hydrogen) atoms. The molecule has 2 heterocycles. The van der Waals surface area contributed by atoms with Crippen LogP contribution in [0.2, 0.25) is 0 Å². The average molecular weight is 239 g/mol. The van der Waals surface area contributed by atoms with E-state index >= 15 is 0 Å². The molecule has 0 saturated carbocycles. The zero-order valence-electron chi connectivity index (χ0n) is 11.1. The second-order valence-electron chi connectivity index (χ2n) is 5.36. The number of hydrogen-bond acceptors (Lipinski definition) is 3. The van der Waals surface area contributed by atoms with Gasteiger partial charge in [0.15, 0.2) is 0 Å². The van der Waals surface area contributed by atoms with Crippen molar-refractivity contribution < 1.29 is 4.79 Å². The molecule has 2 saturated heterocycles. The summed E-state index contributed by atoms with van der Waals surface area (Å²) in [6.07, 6.45) is 2.33. The first-order valence-corrected chi connectivity index (χ1v) is 6.95. The van der Waals surface area contributed by atoms with Crippen molar-refractivity contribution in [2.75, 3.05) is 39.3 Å². The molecular formula is C13H25N3O. The topological polar surface area (TPSA) is 35.6 Å². The third kappa shape index (κ3) is 3.19. The Morgan fingerprint density at radius 3 is 2.94 bits per heavy atom. The van der Waals surface area contributed by atoms with E-state index in [-0.39, 0.29) is 11.9 Å². The lowest BCUT2D eigenvalue weighted by atomic mass is 10.1. The highest BCUT2D eigenvalue weighted by Crippen LogP contribution is 2.18. The van der Waals surface area contributed by atoms with Gasteiger partial charge in [0.1, 0.15) is 0 Å². The van der Waals surface area contributed by atoms with Gasteiger partial charge in [-0.25, -0.2) is 0 Å². The number of amides is 1. The van der Waals surface area contributed by atoms with Crippen molar-refractivity contribution in [2.24, 2.45) is 5.92 Å². The minimum Gasteiger partial charge on any atom is -0.341 e. The van der Waals surface area contributed by atoms with Crippen LogP contribution in [-0.4, -0.2) is 61.0 Å². The van der Waals surface area contributed by atoms with Crippen LogP contribution in [0.1, 0.15) is 26.7 Å². The molecule has 1 amide bonds. The van der Waals surface area contributed by atoms with Crippen LogP contribution in [0.4, 0.5) is 0 Å². The second kappa shape index (κ2) is 5.83. The molecule has 4 nitrogen and oxygen atoms in total. The van der Waals surface area contributed by atoms with Crippen molar-refractivity contribution in [3.63, 3.8) is 0 Å². The van der Waals surface area contributed by atoms with E-state index in [4.69, 9.17) is 0 Å². The highest BCUT2D eigenvalue weighted by molar-refractivity contribution is 5.81. The Labute approximate surface area is 104 Å². The number of carbonyl (C=O) groups is 1. The van der Waals surface area contributed by atoms with Crippen LogP contribution in [0.15, 0.2) is 0 Å². The maximum Gasteiger partial charge on any atom is 0.239 e. The predicted molar refractivity (Wildman–Crippen MR) is 68.9 cm³/mol. The van der Waals surface area contributed by atoms with E-state index in [2.05, 4.69) is 22.0 Å². The summed E-state index contributed by atoms with van der Waals surface area (Å²) in [6, 6.07) is 0.00109. The first-order valence-electron chi connectivity index (χ1n) is 6.95. The smallest absolute Gasteiger partial charge is 0.239 e.